The van der Waals surface area contributed by atoms with Crippen LogP contribution in [0.3, 0.4) is 0 Å². The zero-order valence-electron chi connectivity index (χ0n) is 11.3. The number of methoxy groups -OCH3 is 1. The Labute approximate surface area is 116 Å². The highest BCUT2D eigenvalue weighted by atomic mass is 16.5. The van der Waals surface area contributed by atoms with E-state index < -0.39 is 5.97 Å². The molecule has 0 atom stereocenters. The van der Waals surface area contributed by atoms with Crippen molar-refractivity contribution in [3.8, 4) is 11.6 Å². The summed E-state index contributed by atoms with van der Waals surface area (Å²) in [5.41, 5.74) is 1.55. The minimum atomic E-state index is -1.01. The van der Waals surface area contributed by atoms with Gasteiger partial charge in [-0.05, 0) is 25.1 Å². The van der Waals surface area contributed by atoms with Crippen LogP contribution in [0.15, 0.2) is 36.5 Å². The first kappa shape index (κ1) is 13.9. The Morgan fingerprint density at radius 3 is 2.75 bits per heavy atom. The van der Waals surface area contributed by atoms with Gasteiger partial charge in [-0.25, -0.2) is 9.78 Å². The van der Waals surface area contributed by atoms with E-state index in [1.165, 1.54) is 13.2 Å². The molecule has 1 N–H and O–H groups in total. The number of carboxylic acid groups (broad SMARTS) is 1. The molecule has 2 aromatic rings. The summed E-state index contributed by atoms with van der Waals surface area (Å²) >= 11 is 0. The molecule has 5 heteroatoms. The zero-order chi connectivity index (χ0) is 14.5. The summed E-state index contributed by atoms with van der Waals surface area (Å²) in [6.45, 7) is 1.96. The minimum Gasteiger partial charge on any atom is -0.496 e. The fraction of sp³-hybridized carbons (Fsp3) is 0.200. The molecule has 0 aliphatic heterocycles. The van der Waals surface area contributed by atoms with E-state index in [4.69, 9.17) is 9.47 Å². The molecular formula is C15H15NO4. The molecule has 0 aliphatic carbocycles. The standard InChI is InChI=1S/C15H15NO4/c1-10-5-4-8-16-14(10)20-9-12-11(15(17)18)6-3-7-13(12)19-2/h3-8H,9H2,1-2H3,(H,17,18). The van der Waals surface area contributed by atoms with Crippen molar-refractivity contribution in [1.82, 2.24) is 4.98 Å². The van der Waals surface area contributed by atoms with Gasteiger partial charge in [-0.1, -0.05) is 12.1 Å². The maximum Gasteiger partial charge on any atom is 0.336 e. The molecule has 0 saturated heterocycles. The van der Waals surface area contributed by atoms with Crippen LogP contribution in [-0.2, 0) is 6.61 Å². The van der Waals surface area contributed by atoms with Gasteiger partial charge in [-0.2, -0.15) is 0 Å². The lowest BCUT2D eigenvalue weighted by Gasteiger charge is -2.13. The van der Waals surface area contributed by atoms with Crippen molar-refractivity contribution in [2.24, 2.45) is 0 Å². The average Bonchev–Trinajstić information content (AvgIpc) is 2.46. The predicted octanol–water partition coefficient (Wildman–Crippen LogP) is 2.68. The van der Waals surface area contributed by atoms with Crippen molar-refractivity contribution < 1.29 is 19.4 Å². The van der Waals surface area contributed by atoms with E-state index in [0.717, 1.165) is 5.56 Å². The molecule has 1 heterocycles. The average molecular weight is 273 g/mol. The van der Waals surface area contributed by atoms with E-state index in [0.29, 0.717) is 17.2 Å². The molecule has 0 saturated carbocycles. The third-order valence-corrected chi connectivity index (χ3v) is 2.90. The third-order valence-electron chi connectivity index (χ3n) is 2.90. The van der Waals surface area contributed by atoms with Crippen LogP contribution in [-0.4, -0.2) is 23.2 Å². The van der Waals surface area contributed by atoms with Crippen LogP contribution in [0.1, 0.15) is 21.5 Å². The second kappa shape index (κ2) is 6.06. The molecule has 20 heavy (non-hydrogen) atoms. The highest BCUT2D eigenvalue weighted by Gasteiger charge is 2.15. The number of aromatic carboxylic acids is 1. The topological polar surface area (TPSA) is 68.7 Å². The molecule has 5 nitrogen and oxygen atoms in total. The Morgan fingerprint density at radius 1 is 1.30 bits per heavy atom. The summed E-state index contributed by atoms with van der Waals surface area (Å²) in [6, 6.07) is 8.56. The second-order valence-corrected chi connectivity index (χ2v) is 4.21. The van der Waals surface area contributed by atoms with Crippen LogP contribution >= 0.6 is 0 Å². The van der Waals surface area contributed by atoms with Crippen LogP contribution < -0.4 is 9.47 Å². The first-order valence-electron chi connectivity index (χ1n) is 6.07. The first-order valence-corrected chi connectivity index (χ1v) is 6.07. The van der Waals surface area contributed by atoms with Crippen molar-refractivity contribution in [3.05, 3.63) is 53.2 Å². The number of hydrogen-bond donors (Lipinski definition) is 1. The third kappa shape index (κ3) is 2.88. The van der Waals surface area contributed by atoms with Crippen molar-refractivity contribution in [2.45, 2.75) is 13.5 Å². The Balaban J connectivity index is 2.29. The number of benzene rings is 1. The zero-order valence-corrected chi connectivity index (χ0v) is 11.3. The number of nitrogens with zero attached hydrogens (tertiary/aromatic N) is 1. The number of ether oxygens (including phenoxy) is 2. The Bertz CT molecular complexity index is 625. The van der Waals surface area contributed by atoms with Gasteiger partial charge in [0.2, 0.25) is 5.88 Å². The van der Waals surface area contributed by atoms with Gasteiger partial charge in [0, 0.05) is 17.3 Å². The molecule has 1 aromatic heterocycles. The number of hydrogen-bond acceptors (Lipinski definition) is 4. The highest BCUT2D eigenvalue weighted by molar-refractivity contribution is 5.90. The van der Waals surface area contributed by atoms with Crippen LogP contribution in [0.4, 0.5) is 0 Å². The van der Waals surface area contributed by atoms with Crippen LogP contribution in [0.5, 0.6) is 11.6 Å². The fourth-order valence-corrected chi connectivity index (χ4v) is 1.87. The maximum atomic E-state index is 11.2. The quantitative estimate of drug-likeness (QED) is 0.907. The molecule has 0 unspecified atom stereocenters. The number of aryl methyl sites for hydroxylation is 1. The predicted molar refractivity (Wildman–Crippen MR) is 73.3 cm³/mol. The molecule has 1 aromatic carbocycles. The largest absolute Gasteiger partial charge is 0.496 e. The normalized spacial score (nSPS) is 10.1. The summed E-state index contributed by atoms with van der Waals surface area (Å²) in [4.78, 5) is 15.4. The van der Waals surface area contributed by atoms with Crippen molar-refractivity contribution >= 4 is 5.97 Å². The van der Waals surface area contributed by atoms with E-state index in [1.54, 1.807) is 18.3 Å². The molecule has 0 bridgehead atoms. The van der Waals surface area contributed by atoms with Gasteiger partial charge < -0.3 is 14.6 Å². The Hall–Kier alpha value is -2.56. The van der Waals surface area contributed by atoms with Gasteiger partial charge in [0.05, 0.1) is 12.7 Å². The highest BCUT2D eigenvalue weighted by Crippen LogP contribution is 2.24. The summed E-state index contributed by atoms with van der Waals surface area (Å²) in [7, 11) is 1.50. The number of carboxylic acids is 1. The Morgan fingerprint density at radius 2 is 2.10 bits per heavy atom. The van der Waals surface area contributed by atoms with Gasteiger partial charge in [0.1, 0.15) is 12.4 Å². The second-order valence-electron chi connectivity index (χ2n) is 4.21. The lowest BCUT2D eigenvalue weighted by Crippen LogP contribution is -2.08. The van der Waals surface area contributed by atoms with Crippen molar-refractivity contribution in [3.63, 3.8) is 0 Å². The number of pyridine rings is 1. The lowest BCUT2D eigenvalue weighted by atomic mass is 10.1. The molecule has 0 fully saturated rings. The molecule has 0 amide bonds. The van der Waals surface area contributed by atoms with E-state index >= 15 is 0 Å². The number of rotatable bonds is 5. The maximum absolute atomic E-state index is 11.2. The molecule has 0 aliphatic rings. The van der Waals surface area contributed by atoms with Crippen LogP contribution in [0.2, 0.25) is 0 Å². The summed E-state index contributed by atoms with van der Waals surface area (Å²) in [5, 5.41) is 9.21. The first-order chi connectivity index (χ1) is 9.63. The smallest absolute Gasteiger partial charge is 0.336 e. The van der Waals surface area contributed by atoms with Crippen molar-refractivity contribution in [2.75, 3.05) is 7.11 Å². The van der Waals surface area contributed by atoms with Gasteiger partial charge in [-0.15, -0.1) is 0 Å². The fourth-order valence-electron chi connectivity index (χ4n) is 1.87. The molecule has 0 spiro atoms. The molecule has 0 radical (unpaired) electrons. The van der Waals surface area contributed by atoms with Gasteiger partial charge in [0.25, 0.3) is 0 Å². The van der Waals surface area contributed by atoms with Gasteiger partial charge >= 0.3 is 5.97 Å². The molecule has 104 valence electrons. The van der Waals surface area contributed by atoms with Crippen LogP contribution in [0, 0.1) is 6.92 Å². The molecule has 2 rings (SSSR count). The lowest BCUT2D eigenvalue weighted by molar-refractivity contribution is 0.0693. The van der Waals surface area contributed by atoms with E-state index in [2.05, 4.69) is 4.98 Å². The van der Waals surface area contributed by atoms with E-state index in [-0.39, 0.29) is 12.2 Å². The van der Waals surface area contributed by atoms with Gasteiger partial charge in [-0.3, -0.25) is 0 Å². The monoisotopic (exact) mass is 273 g/mol. The van der Waals surface area contributed by atoms with E-state index in [9.17, 15) is 9.90 Å². The van der Waals surface area contributed by atoms with Gasteiger partial charge in [0.15, 0.2) is 0 Å². The van der Waals surface area contributed by atoms with E-state index in [1.807, 2.05) is 19.1 Å². The summed E-state index contributed by atoms with van der Waals surface area (Å²) < 4.78 is 10.8. The Kier molecular flexibility index (Phi) is 4.20. The number of aromatic nitrogens is 1. The van der Waals surface area contributed by atoms with Crippen LogP contribution in [0.25, 0.3) is 0 Å². The molecular weight excluding hydrogens is 258 g/mol. The SMILES string of the molecule is COc1cccc(C(=O)O)c1COc1ncccc1C. The summed E-state index contributed by atoms with van der Waals surface area (Å²) in [6.07, 6.45) is 1.63. The summed E-state index contributed by atoms with van der Waals surface area (Å²) in [5.74, 6) is -0.0477. The minimum absolute atomic E-state index is 0.0868. The van der Waals surface area contributed by atoms with Crippen molar-refractivity contribution in [1.29, 1.82) is 0 Å². The number of carbonyl (C=O) groups is 1.